The normalized spacial score (nSPS) is 20.6. The van der Waals surface area contributed by atoms with Gasteiger partial charge in [0.1, 0.15) is 15.5 Å². The van der Waals surface area contributed by atoms with Gasteiger partial charge in [0.05, 0.1) is 6.61 Å². The molecule has 1 heterocycles. The molecule has 3 nitrogen and oxygen atoms in total. The van der Waals surface area contributed by atoms with Crippen LogP contribution in [0.4, 0.5) is 0 Å². The first kappa shape index (κ1) is 8.55. The second kappa shape index (κ2) is 3.73. The van der Waals surface area contributed by atoms with Crippen LogP contribution < -0.4 is 5.32 Å². The van der Waals surface area contributed by atoms with E-state index in [1.807, 2.05) is 6.92 Å². The number of hydrogen-bond acceptors (Lipinski definition) is 4. The summed E-state index contributed by atoms with van der Waals surface area (Å²) in [7, 11) is 0. The van der Waals surface area contributed by atoms with Gasteiger partial charge in [0.2, 0.25) is 0 Å². The first-order chi connectivity index (χ1) is 5.24. The van der Waals surface area contributed by atoms with Crippen LogP contribution >= 0.6 is 24.0 Å². The van der Waals surface area contributed by atoms with E-state index in [1.54, 1.807) is 0 Å². The average Bonchev–Trinajstić information content (AvgIpc) is 2.26. The Balaban J connectivity index is 2.59. The molecule has 0 saturated carbocycles. The fourth-order valence-electron chi connectivity index (χ4n) is 0.563. The van der Waals surface area contributed by atoms with E-state index in [0.29, 0.717) is 15.8 Å². The van der Waals surface area contributed by atoms with Crippen LogP contribution in [0.2, 0.25) is 0 Å². The van der Waals surface area contributed by atoms with Gasteiger partial charge in [-0.2, -0.15) is 0 Å². The SMILES string of the molecule is CCO/C=C1/SC(=S)NC1=O. The molecule has 0 bridgehead atoms. The van der Waals surface area contributed by atoms with Gasteiger partial charge < -0.3 is 10.1 Å². The van der Waals surface area contributed by atoms with E-state index in [-0.39, 0.29) is 5.91 Å². The van der Waals surface area contributed by atoms with Crippen molar-refractivity contribution in [2.75, 3.05) is 6.61 Å². The molecule has 1 saturated heterocycles. The summed E-state index contributed by atoms with van der Waals surface area (Å²) in [5, 5.41) is 2.48. The Hall–Kier alpha value is -0.550. The Bertz CT molecular complexity index is 225. The van der Waals surface area contributed by atoms with Gasteiger partial charge in [0, 0.05) is 0 Å². The van der Waals surface area contributed by atoms with Gasteiger partial charge in [-0.05, 0) is 6.92 Å². The van der Waals surface area contributed by atoms with Gasteiger partial charge in [0.15, 0.2) is 0 Å². The third kappa shape index (κ3) is 2.20. The molecule has 60 valence electrons. The predicted octanol–water partition coefficient (Wildman–Crippen LogP) is 1.01. The summed E-state index contributed by atoms with van der Waals surface area (Å²) < 4.78 is 5.42. The summed E-state index contributed by atoms with van der Waals surface area (Å²) in [5.41, 5.74) is 0. The van der Waals surface area contributed by atoms with Crippen LogP contribution in [0.25, 0.3) is 0 Å². The monoisotopic (exact) mass is 189 g/mol. The minimum absolute atomic E-state index is 0.173. The molecule has 1 aliphatic heterocycles. The maximum Gasteiger partial charge on any atom is 0.266 e. The van der Waals surface area contributed by atoms with Gasteiger partial charge in [-0.3, -0.25) is 4.79 Å². The highest BCUT2D eigenvalue weighted by molar-refractivity contribution is 8.26. The van der Waals surface area contributed by atoms with Crippen LogP contribution in [-0.2, 0) is 9.53 Å². The van der Waals surface area contributed by atoms with Crippen LogP contribution in [0.1, 0.15) is 6.92 Å². The molecule has 0 radical (unpaired) electrons. The second-order valence-electron chi connectivity index (χ2n) is 1.78. The topological polar surface area (TPSA) is 38.3 Å². The van der Waals surface area contributed by atoms with Crippen molar-refractivity contribution in [1.29, 1.82) is 0 Å². The van der Waals surface area contributed by atoms with E-state index in [4.69, 9.17) is 17.0 Å². The van der Waals surface area contributed by atoms with Gasteiger partial charge in [0.25, 0.3) is 5.91 Å². The van der Waals surface area contributed by atoms with Crippen LogP contribution in [0.5, 0.6) is 0 Å². The Kier molecular flexibility index (Phi) is 2.90. The van der Waals surface area contributed by atoms with Crippen LogP contribution in [-0.4, -0.2) is 16.8 Å². The zero-order chi connectivity index (χ0) is 8.27. The van der Waals surface area contributed by atoms with E-state index in [0.717, 1.165) is 0 Å². The highest BCUT2D eigenvalue weighted by Crippen LogP contribution is 2.22. The molecule has 0 atom stereocenters. The minimum atomic E-state index is -0.173. The van der Waals surface area contributed by atoms with Crippen molar-refractivity contribution in [1.82, 2.24) is 5.32 Å². The maximum absolute atomic E-state index is 10.9. The van der Waals surface area contributed by atoms with Crippen LogP contribution in [0, 0.1) is 0 Å². The molecule has 1 rings (SSSR count). The summed E-state index contributed by atoms with van der Waals surface area (Å²) in [6.45, 7) is 2.41. The van der Waals surface area contributed by atoms with Crippen molar-refractivity contribution >= 4 is 34.2 Å². The third-order valence-corrected chi connectivity index (χ3v) is 2.14. The van der Waals surface area contributed by atoms with Crippen molar-refractivity contribution in [3.8, 4) is 0 Å². The highest BCUT2D eigenvalue weighted by atomic mass is 32.2. The molecular weight excluding hydrogens is 182 g/mol. The predicted molar refractivity (Wildman–Crippen MR) is 48.0 cm³/mol. The lowest BCUT2D eigenvalue weighted by atomic mass is 10.6. The average molecular weight is 189 g/mol. The number of hydrogen-bond donors (Lipinski definition) is 1. The fraction of sp³-hybridized carbons (Fsp3) is 0.333. The van der Waals surface area contributed by atoms with Crippen LogP contribution in [0.15, 0.2) is 11.2 Å². The molecule has 1 aliphatic rings. The lowest BCUT2D eigenvalue weighted by molar-refractivity contribution is -0.115. The molecule has 0 aliphatic carbocycles. The number of rotatable bonds is 2. The number of carbonyl (C=O) groups is 1. The Morgan fingerprint density at radius 2 is 2.55 bits per heavy atom. The molecule has 0 unspecified atom stereocenters. The Labute approximate surface area is 74.2 Å². The first-order valence-electron chi connectivity index (χ1n) is 3.09. The number of thiocarbonyl (C=S) groups is 1. The molecule has 0 aromatic heterocycles. The minimum Gasteiger partial charge on any atom is -0.500 e. The zero-order valence-corrected chi connectivity index (χ0v) is 7.55. The van der Waals surface area contributed by atoms with Crippen LogP contribution in [0.3, 0.4) is 0 Å². The van der Waals surface area contributed by atoms with E-state index in [2.05, 4.69) is 5.32 Å². The summed E-state index contributed by atoms with van der Waals surface area (Å²) in [4.78, 5) is 11.4. The zero-order valence-electron chi connectivity index (χ0n) is 5.92. The van der Waals surface area contributed by atoms with E-state index in [1.165, 1.54) is 18.0 Å². The summed E-state index contributed by atoms with van der Waals surface area (Å²) in [5.74, 6) is -0.173. The van der Waals surface area contributed by atoms with E-state index in [9.17, 15) is 4.79 Å². The van der Waals surface area contributed by atoms with Crippen molar-refractivity contribution in [2.45, 2.75) is 6.92 Å². The Morgan fingerprint density at radius 3 is 3.00 bits per heavy atom. The van der Waals surface area contributed by atoms with E-state index < -0.39 is 0 Å². The van der Waals surface area contributed by atoms with Crippen molar-refractivity contribution in [3.63, 3.8) is 0 Å². The maximum atomic E-state index is 10.9. The van der Waals surface area contributed by atoms with E-state index >= 15 is 0 Å². The lowest BCUT2D eigenvalue weighted by Crippen LogP contribution is -2.17. The number of ether oxygens (including phenoxy) is 1. The van der Waals surface area contributed by atoms with Crippen molar-refractivity contribution < 1.29 is 9.53 Å². The summed E-state index contributed by atoms with van der Waals surface area (Å²) in [6.07, 6.45) is 1.43. The molecule has 0 aromatic carbocycles. The fourth-order valence-corrected chi connectivity index (χ4v) is 1.53. The first-order valence-corrected chi connectivity index (χ1v) is 4.31. The summed E-state index contributed by atoms with van der Waals surface area (Å²) >= 11 is 5.98. The molecule has 0 spiro atoms. The standard InChI is InChI=1S/C6H7NO2S2/c1-2-9-3-4-5(8)7-6(10)11-4/h3H,2H2,1H3,(H,7,8,10)/b4-3+. The number of amides is 1. The number of carbonyl (C=O) groups excluding carboxylic acids is 1. The smallest absolute Gasteiger partial charge is 0.266 e. The number of nitrogens with one attached hydrogen (secondary N) is 1. The third-order valence-electron chi connectivity index (χ3n) is 0.999. The van der Waals surface area contributed by atoms with Gasteiger partial charge in [-0.25, -0.2) is 0 Å². The van der Waals surface area contributed by atoms with Gasteiger partial charge >= 0.3 is 0 Å². The summed E-state index contributed by atoms with van der Waals surface area (Å²) in [6, 6.07) is 0. The molecule has 5 heteroatoms. The van der Waals surface area contributed by atoms with Gasteiger partial charge in [-0.1, -0.05) is 24.0 Å². The lowest BCUT2D eigenvalue weighted by Gasteiger charge is -1.93. The van der Waals surface area contributed by atoms with Crippen molar-refractivity contribution in [2.24, 2.45) is 0 Å². The van der Waals surface area contributed by atoms with Gasteiger partial charge in [-0.15, -0.1) is 0 Å². The molecule has 1 amide bonds. The molecule has 1 fully saturated rings. The molecule has 1 N–H and O–H groups in total. The molecular formula is C6H7NO2S2. The quantitative estimate of drug-likeness (QED) is 0.400. The second-order valence-corrected chi connectivity index (χ2v) is 3.50. The largest absolute Gasteiger partial charge is 0.500 e. The number of thioether (sulfide) groups is 1. The Morgan fingerprint density at radius 1 is 1.82 bits per heavy atom. The van der Waals surface area contributed by atoms with Crippen molar-refractivity contribution in [3.05, 3.63) is 11.2 Å². The highest BCUT2D eigenvalue weighted by Gasteiger charge is 2.22. The molecule has 11 heavy (non-hydrogen) atoms. The molecule has 0 aromatic rings.